The summed E-state index contributed by atoms with van der Waals surface area (Å²) < 4.78 is 0. The van der Waals surface area contributed by atoms with Crippen molar-refractivity contribution in [2.75, 3.05) is 19.6 Å². The lowest BCUT2D eigenvalue weighted by molar-refractivity contribution is -0.119. The Morgan fingerprint density at radius 2 is 2.00 bits per heavy atom. The van der Waals surface area contributed by atoms with E-state index in [-0.39, 0.29) is 30.6 Å². The van der Waals surface area contributed by atoms with Gasteiger partial charge in [0, 0.05) is 24.2 Å². The number of nitrogens with two attached hydrogens (primary N) is 1. The van der Waals surface area contributed by atoms with Crippen LogP contribution in [-0.2, 0) is 4.79 Å². The largest absolute Gasteiger partial charge is 0.369 e. The number of primary amides is 1. The van der Waals surface area contributed by atoms with Crippen molar-refractivity contribution in [3.8, 4) is 0 Å². The van der Waals surface area contributed by atoms with E-state index in [0.29, 0.717) is 5.02 Å². The number of likely N-dealkylation sites (tertiary alicyclic amines) is 1. The third-order valence-corrected chi connectivity index (χ3v) is 4.37. The van der Waals surface area contributed by atoms with Crippen molar-refractivity contribution in [1.29, 1.82) is 0 Å². The zero-order valence-electron chi connectivity index (χ0n) is 13.2. The number of urea groups is 1. The second-order valence-electron chi connectivity index (χ2n) is 5.88. The standard InChI is InChI=1S/C16H23ClN4O2/c1-11(13-4-2-3-5-14(13)17)19-16(23)20-12-6-8-21(9-7-12)10-15(18)22/h2-5,11-12H,6-10H2,1H3,(H2,18,22)(H2,19,20,23). The van der Waals surface area contributed by atoms with Gasteiger partial charge < -0.3 is 16.4 Å². The smallest absolute Gasteiger partial charge is 0.315 e. The van der Waals surface area contributed by atoms with Crippen molar-refractivity contribution in [1.82, 2.24) is 15.5 Å². The average molecular weight is 339 g/mol. The molecule has 0 spiro atoms. The number of carbonyl (C=O) groups is 2. The summed E-state index contributed by atoms with van der Waals surface area (Å²) in [7, 11) is 0. The second kappa shape index (κ2) is 8.17. The van der Waals surface area contributed by atoms with Crippen LogP contribution in [0.3, 0.4) is 0 Å². The number of amides is 3. The van der Waals surface area contributed by atoms with Gasteiger partial charge in [-0.1, -0.05) is 29.8 Å². The first-order valence-corrected chi connectivity index (χ1v) is 8.15. The number of nitrogens with zero attached hydrogens (tertiary/aromatic N) is 1. The Hall–Kier alpha value is -1.79. The molecule has 1 heterocycles. The fourth-order valence-corrected chi connectivity index (χ4v) is 3.08. The Kier molecular flexibility index (Phi) is 6.24. The lowest BCUT2D eigenvalue weighted by Crippen LogP contribution is -2.49. The molecule has 3 amide bonds. The first-order valence-electron chi connectivity index (χ1n) is 7.78. The number of hydrogen-bond acceptors (Lipinski definition) is 3. The van der Waals surface area contributed by atoms with Crippen LogP contribution >= 0.6 is 11.6 Å². The maximum Gasteiger partial charge on any atom is 0.315 e. The summed E-state index contributed by atoms with van der Waals surface area (Å²) in [6, 6.07) is 7.20. The Balaban J connectivity index is 1.77. The molecule has 126 valence electrons. The number of hydrogen-bond donors (Lipinski definition) is 3. The minimum atomic E-state index is -0.317. The summed E-state index contributed by atoms with van der Waals surface area (Å²) in [5.74, 6) is -0.317. The van der Waals surface area contributed by atoms with Crippen molar-refractivity contribution in [2.24, 2.45) is 5.73 Å². The van der Waals surface area contributed by atoms with Crippen LogP contribution in [0, 0.1) is 0 Å². The minimum absolute atomic E-state index is 0.109. The highest BCUT2D eigenvalue weighted by Crippen LogP contribution is 2.22. The van der Waals surface area contributed by atoms with Crippen molar-refractivity contribution >= 4 is 23.5 Å². The van der Waals surface area contributed by atoms with Crippen LogP contribution in [-0.4, -0.2) is 42.5 Å². The molecule has 1 aliphatic rings. The summed E-state index contributed by atoms with van der Waals surface area (Å²) >= 11 is 6.14. The minimum Gasteiger partial charge on any atom is -0.369 e. The molecule has 0 bridgehead atoms. The molecule has 0 saturated carbocycles. The highest BCUT2D eigenvalue weighted by molar-refractivity contribution is 6.31. The van der Waals surface area contributed by atoms with Crippen LogP contribution in [0.4, 0.5) is 4.79 Å². The van der Waals surface area contributed by atoms with Gasteiger partial charge in [0.2, 0.25) is 5.91 Å². The zero-order valence-corrected chi connectivity index (χ0v) is 14.0. The van der Waals surface area contributed by atoms with Gasteiger partial charge in [0.05, 0.1) is 12.6 Å². The maximum absolute atomic E-state index is 12.1. The third kappa shape index (κ3) is 5.41. The van der Waals surface area contributed by atoms with Crippen LogP contribution in [0.5, 0.6) is 0 Å². The molecule has 1 aromatic rings. The zero-order chi connectivity index (χ0) is 16.8. The van der Waals surface area contributed by atoms with E-state index in [1.165, 1.54) is 0 Å². The number of rotatable bonds is 5. The van der Waals surface area contributed by atoms with E-state index >= 15 is 0 Å². The molecule has 7 heteroatoms. The van der Waals surface area contributed by atoms with Gasteiger partial charge >= 0.3 is 6.03 Å². The van der Waals surface area contributed by atoms with Crippen LogP contribution in [0.15, 0.2) is 24.3 Å². The molecule has 1 aromatic carbocycles. The quantitative estimate of drug-likeness (QED) is 0.762. The van der Waals surface area contributed by atoms with E-state index < -0.39 is 0 Å². The Labute approximate surface area is 141 Å². The average Bonchev–Trinajstić information content (AvgIpc) is 2.49. The third-order valence-electron chi connectivity index (χ3n) is 4.02. The fourth-order valence-electron chi connectivity index (χ4n) is 2.78. The number of benzene rings is 1. The lowest BCUT2D eigenvalue weighted by atomic mass is 10.1. The van der Waals surface area contributed by atoms with Gasteiger partial charge in [-0.25, -0.2) is 4.79 Å². The number of halogens is 1. The number of nitrogens with one attached hydrogen (secondary N) is 2. The summed E-state index contributed by atoms with van der Waals surface area (Å²) in [4.78, 5) is 25.0. The predicted molar refractivity (Wildman–Crippen MR) is 90.2 cm³/mol. The summed E-state index contributed by atoms with van der Waals surface area (Å²) in [5, 5.41) is 6.52. The van der Waals surface area contributed by atoms with Crippen molar-refractivity contribution in [3.05, 3.63) is 34.9 Å². The number of piperidine rings is 1. The molecular formula is C16H23ClN4O2. The van der Waals surface area contributed by atoms with Crippen LogP contribution in [0.2, 0.25) is 5.02 Å². The molecule has 1 aliphatic heterocycles. The van der Waals surface area contributed by atoms with E-state index in [0.717, 1.165) is 31.5 Å². The van der Waals surface area contributed by atoms with Gasteiger partial charge in [-0.3, -0.25) is 9.69 Å². The van der Waals surface area contributed by atoms with Crippen molar-refractivity contribution in [3.63, 3.8) is 0 Å². The van der Waals surface area contributed by atoms with Gasteiger partial charge in [-0.05, 0) is 31.4 Å². The topological polar surface area (TPSA) is 87.5 Å². The molecule has 0 aliphatic carbocycles. The lowest BCUT2D eigenvalue weighted by Gasteiger charge is -2.31. The van der Waals surface area contributed by atoms with Crippen LogP contribution in [0.1, 0.15) is 31.4 Å². The summed E-state index contributed by atoms with van der Waals surface area (Å²) in [5.41, 5.74) is 6.08. The van der Waals surface area contributed by atoms with Crippen LogP contribution in [0.25, 0.3) is 0 Å². The molecule has 0 aromatic heterocycles. The summed E-state index contributed by atoms with van der Waals surface area (Å²) in [6.07, 6.45) is 1.61. The second-order valence-corrected chi connectivity index (χ2v) is 6.28. The van der Waals surface area contributed by atoms with E-state index in [2.05, 4.69) is 10.6 Å². The molecule has 1 saturated heterocycles. The molecule has 6 nitrogen and oxygen atoms in total. The molecule has 0 radical (unpaired) electrons. The Bertz CT molecular complexity index is 559. The molecule has 23 heavy (non-hydrogen) atoms. The van der Waals surface area contributed by atoms with E-state index in [9.17, 15) is 9.59 Å². The summed E-state index contributed by atoms with van der Waals surface area (Å²) in [6.45, 7) is 3.70. The molecule has 2 rings (SSSR count). The van der Waals surface area contributed by atoms with Gasteiger partial charge in [-0.2, -0.15) is 0 Å². The van der Waals surface area contributed by atoms with Gasteiger partial charge in [0.15, 0.2) is 0 Å². The van der Waals surface area contributed by atoms with Gasteiger partial charge in [-0.15, -0.1) is 0 Å². The molecule has 1 unspecified atom stereocenters. The van der Waals surface area contributed by atoms with Crippen molar-refractivity contribution < 1.29 is 9.59 Å². The normalized spacial score (nSPS) is 17.5. The highest BCUT2D eigenvalue weighted by atomic mass is 35.5. The van der Waals surface area contributed by atoms with Crippen LogP contribution < -0.4 is 16.4 Å². The predicted octanol–water partition coefficient (Wildman–Crippen LogP) is 1.65. The van der Waals surface area contributed by atoms with E-state index in [1.807, 2.05) is 30.0 Å². The van der Waals surface area contributed by atoms with Gasteiger partial charge in [0.25, 0.3) is 0 Å². The van der Waals surface area contributed by atoms with Crippen molar-refractivity contribution in [2.45, 2.75) is 31.8 Å². The molecular weight excluding hydrogens is 316 g/mol. The first kappa shape index (κ1) is 17.6. The Morgan fingerprint density at radius 1 is 1.35 bits per heavy atom. The maximum atomic E-state index is 12.1. The molecule has 4 N–H and O–H groups in total. The van der Waals surface area contributed by atoms with Gasteiger partial charge in [0.1, 0.15) is 0 Å². The Morgan fingerprint density at radius 3 is 2.61 bits per heavy atom. The number of carbonyl (C=O) groups excluding carboxylic acids is 2. The SMILES string of the molecule is CC(NC(=O)NC1CCN(CC(N)=O)CC1)c1ccccc1Cl. The van der Waals surface area contributed by atoms with E-state index in [4.69, 9.17) is 17.3 Å². The fraction of sp³-hybridized carbons (Fsp3) is 0.500. The highest BCUT2D eigenvalue weighted by Gasteiger charge is 2.22. The molecule has 1 atom stereocenters. The first-order chi connectivity index (χ1) is 11.0. The van der Waals surface area contributed by atoms with E-state index in [1.54, 1.807) is 6.07 Å². The monoisotopic (exact) mass is 338 g/mol. The molecule has 1 fully saturated rings.